The molecule has 1 unspecified atom stereocenters. The second-order valence-corrected chi connectivity index (χ2v) is 7.82. The molecule has 2 aliphatic heterocycles. The van der Waals surface area contributed by atoms with E-state index in [-0.39, 0.29) is 30.1 Å². The van der Waals surface area contributed by atoms with Gasteiger partial charge in [0.2, 0.25) is 0 Å². The smallest absolute Gasteiger partial charge is 0.193 e. The first kappa shape index (κ1) is 24.1. The average molecular weight is 517 g/mol. The van der Waals surface area contributed by atoms with Gasteiger partial charge in [0.25, 0.3) is 0 Å². The Balaban J connectivity index is 0.00000300. The fraction of sp³-hybridized carbons (Fsp3) is 0.714. The summed E-state index contributed by atoms with van der Waals surface area (Å²) in [4.78, 5) is 13.5. The average Bonchev–Trinajstić information content (AvgIpc) is 2.73. The Morgan fingerprint density at radius 2 is 2.14 bits per heavy atom. The maximum atomic E-state index is 5.64. The van der Waals surface area contributed by atoms with Gasteiger partial charge in [0.1, 0.15) is 5.82 Å². The van der Waals surface area contributed by atoms with Gasteiger partial charge in [-0.3, -0.25) is 4.99 Å². The number of rotatable bonds is 6. The van der Waals surface area contributed by atoms with Crippen molar-refractivity contribution in [3.8, 4) is 0 Å². The predicted octanol–water partition coefficient (Wildman–Crippen LogP) is 2.75. The van der Waals surface area contributed by atoms with Crippen molar-refractivity contribution in [2.24, 2.45) is 10.9 Å². The number of halogens is 1. The third-order valence-electron chi connectivity index (χ3n) is 5.61. The number of nitrogens with one attached hydrogen (secondary N) is 1. The highest BCUT2D eigenvalue weighted by molar-refractivity contribution is 14.0. The van der Waals surface area contributed by atoms with E-state index in [2.05, 4.69) is 51.2 Å². The van der Waals surface area contributed by atoms with Gasteiger partial charge in [0.15, 0.2) is 5.96 Å². The summed E-state index contributed by atoms with van der Waals surface area (Å²) in [7, 11) is 3.96. The van der Waals surface area contributed by atoms with E-state index in [0.717, 1.165) is 63.7 Å². The standard InChI is InChI=1S/C21H35N5O2.HI/c1-17-16-26(10-13-28-17)20-14-19(4-8-23-20)15-24-21(22-2)25(3)9-5-18-6-11-27-12-7-18;/h4,8,14,17-18H,5-7,9-13,15-16H2,1-3H3,(H,22,24);1H. The first-order valence-corrected chi connectivity index (χ1v) is 10.5. The molecule has 0 amide bonds. The van der Waals surface area contributed by atoms with Gasteiger partial charge in [-0.2, -0.15) is 0 Å². The number of nitrogens with zero attached hydrogens (tertiary/aromatic N) is 4. The highest BCUT2D eigenvalue weighted by Gasteiger charge is 2.18. The molecule has 164 valence electrons. The van der Waals surface area contributed by atoms with Crippen LogP contribution in [-0.2, 0) is 16.0 Å². The maximum absolute atomic E-state index is 5.64. The Morgan fingerprint density at radius 1 is 1.34 bits per heavy atom. The summed E-state index contributed by atoms with van der Waals surface area (Å²) in [5.74, 6) is 2.73. The van der Waals surface area contributed by atoms with Crippen molar-refractivity contribution < 1.29 is 9.47 Å². The largest absolute Gasteiger partial charge is 0.381 e. The van der Waals surface area contributed by atoms with Gasteiger partial charge in [-0.25, -0.2) is 4.98 Å². The minimum absolute atomic E-state index is 0. The lowest BCUT2D eigenvalue weighted by Gasteiger charge is -2.32. The van der Waals surface area contributed by atoms with Crippen molar-refractivity contribution in [3.05, 3.63) is 23.9 Å². The number of anilines is 1. The van der Waals surface area contributed by atoms with Gasteiger partial charge in [0.05, 0.1) is 12.7 Å². The summed E-state index contributed by atoms with van der Waals surface area (Å²) in [6.45, 7) is 8.22. The summed E-state index contributed by atoms with van der Waals surface area (Å²) in [5.41, 5.74) is 1.21. The molecule has 1 aromatic heterocycles. The van der Waals surface area contributed by atoms with Gasteiger partial charge in [-0.1, -0.05) is 0 Å². The SMILES string of the molecule is CN=C(NCc1ccnc(N2CCOC(C)C2)c1)N(C)CCC1CCOCC1.I. The predicted molar refractivity (Wildman–Crippen MR) is 128 cm³/mol. The van der Waals surface area contributed by atoms with E-state index in [1.165, 1.54) is 24.8 Å². The van der Waals surface area contributed by atoms with Crippen LogP contribution in [0.3, 0.4) is 0 Å². The molecular weight excluding hydrogens is 481 g/mol. The normalized spacial score (nSPS) is 20.9. The highest BCUT2D eigenvalue weighted by Crippen LogP contribution is 2.19. The van der Waals surface area contributed by atoms with Gasteiger partial charge >= 0.3 is 0 Å². The summed E-state index contributed by atoms with van der Waals surface area (Å²) in [6, 6.07) is 4.23. The molecule has 2 saturated heterocycles. The molecule has 3 rings (SSSR count). The first-order valence-electron chi connectivity index (χ1n) is 10.5. The van der Waals surface area contributed by atoms with Crippen molar-refractivity contribution in [3.63, 3.8) is 0 Å². The molecule has 7 nitrogen and oxygen atoms in total. The van der Waals surface area contributed by atoms with Crippen molar-refractivity contribution >= 4 is 35.8 Å². The Kier molecular flexibility index (Phi) is 10.4. The fourth-order valence-corrected chi connectivity index (χ4v) is 3.85. The number of morpholine rings is 1. The molecule has 3 heterocycles. The topological polar surface area (TPSA) is 62.2 Å². The Hall–Kier alpha value is -1.13. The molecule has 0 spiro atoms. The summed E-state index contributed by atoms with van der Waals surface area (Å²) < 4.78 is 11.1. The first-order chi connectivity index (χ1) is 13.7. The van der Waals surface area contributed by atoms with Crippen LogP contribution in [0.5, 0.6) is 0 Å². The van der Waals surface area contributed by atoms with Crippen LogP contribution in [0, 0.1) is 5.92 Å². The van der Waals surface area contributed by atoms with E-state index in [1.807, 2.05) is 13.2 Å². The van der Waals surface area contributed by atoms with E-state index in [0.29, 0.717) is 0 Å². The van der Waals surface area contributed by atoms with Crippen LogP contribution in [0.25, 0.3) is 0 Å². The molecule has 8 heteroatoms. The number of guanidine groups is 1. The zero-order valence-electron chi connectivity index (χ0n) is 18.0. The Bertz CT molecular complexity index is 639. The lowest BCUT2D eigenvalue weighted by molar-refractivity contribution is 0.0529. The van der Waals surface area contributed by atoms with Crippen molar-refractivity contribution in [1.29, 1.82) is 0 Å². The summed E-state index contributed by atoms with van der Waals surface area (Å²) in [6.07, 6.45) is 5.69. The zero-order valence-corrected chi connectivity index (χ0v) is 20.3. The van der Waals surface area contributed by atoms with E-state index in [4.69, 9.17) is 9.47 Å². The monoisotopic (exact) mass is 517 g/mol. The van der Waals surface area contributed by atoms with Crippen LogP contribution in [-0.4, -0.2) is 75.5 Å². The van der Waals surface area contributed by atoms with Crippen LogP contribution >= 0.6 is 24.0 Å². The molecular formula is C21H36IN5O2. The lowest BCUT2D eigenvalue weighted by atomic mass is 9.96. The van der Waals surface area contributed by atoms with Gasteiger partial charge in [-0.15, -0.1) is 24.0 Å². The van der Waals surface area contributed by atoms with E-state index < -0.39 is 0 Å². The number of ether oxygens (including phenoxy) is 2. The number of hydrogen-bond acceptors (Lipinski definition) is 5. The number of hydrogen-bond donors (Lipinski definition) is 1. The maximum Gasteiger partial charge on any atom is 0.193 e. The molecule has 0 aliphatic carbocycles. The Morgan fingerprint density at radius 3 is 2.86 bits per heavy atom. The molecule has 1 N–H and O–H groups in total. The zero-order chi connectivity index (χ0) is 19.8. The van der Waals surface area contributed by atoms with Crippen LogP contribution in [0.4, 0.5) is 5.82 Å². The number of pyridine rings is 1. The minimum Gasteiger partial charge on any atom is -0.381 e. The second-order valence-electron chi connectivity index (χ2n) is 7.82. The number of aliphatic imine (C=N–C) groups is 1. The van der Waals surface area contributed by atoms with Crippen molar-refractivity contribution in [1.82, 2.24) is 15.2 Å². The molecule has 0 bridgehead atoms. The molecule has 1 aromatic rings. The molecule has 1 atom stereocenters. The van der Waals surface area contributed by atoms with Crippen LogP contribution < -0.4 is 10.2 Å². The van der Waals surface area contributed by atoms with Crippen LogP contribution in [0.2, 0.25) is 0 Å². The summed E-state index contributed by atoms with van der Waals surface area (Å²) >= 11 is 0. The third kappa shape index (κ3) is 7.57. The number of aromatic nitrogens is 1. The van der Waals surface area contributed by atoms with Crippen LogP contribution in [0.1, 0.15) is 31.7 Å². The van der Waals surface area contributed by atoms with Crippen LogP contribution in [0.15, 0.2) is 23.3 Å². The molecule has 0 aromatic carbocycles. The van der Waals surface area contributed by atoms with Gasteiger partial charge < -0.3 is 24.6 Å². The van der Waals surface area contributed by atoms with Crippen molar-refractivity contribution in [2.45, 2.75) is 38.8 Å². The van der Waals surface area contributed by atoms with E-state index >= 15 is 0 Å². The third-order valence-corrected chi connectivity index (χ3v) is 5.61. The molecule has 0 radical (unpaired) electrons. The quantitative estimate of drug-likeness (QED) is 0.356. The lowest BCUT2D eigenvalue weighted by Crippen LogP contribution is -2.41. The molecule has 2 aliphatic rings. The van der Waals surface area contributed by atoms with Crippen molar-refractivity contribution in [2.75, 3.05) is 58.5 Å². The molecule has 2 fully saturated rings. The molecule has 0 saturated carbocycles. The fourth-order valence-electron chi connectivity index (χ4n) is 3.85. The summed E-state index contributed by atoms with van der Waals surface area (Å²) in [5, 5.41) is 3.49. The van der Waals surface area contributed by atoms with Gasteiger partial charge in [-0.05, 0) is 49.8 Å². The van der Waals surface area contributed by atoms with Gasteiger partial charge in [0, 0.05) is 59.7 Å². The second kappa shape index (κ2) is 12.5. The molecule has 29 heavy (non-hydrogen) atoms. The van der Waals surface area contributed by atoms with E-state index in [9.17, 15) is 0 Å². The Labute approximate surface area is 192 Å². The highest BCUT2D eigenvalue weighted by atomic mass is 127. The minimum atomic E-state index is 0. The van der Waals surface area contributed by atoms with E-state index in [1.54, 1.807) is 0 Å².